The van der Waals surface area contributed by atoms with Crippen LogP contribution in [0, 0.1) is 11.6 Å². The number of hydrogen-bond acceptors (Lipinski definition) is 8. The van der Waals surface area contributed by atoms with Gasteiger partial charge in [-0.1, -0.05) is 13.0 Å². The molecule has 1 unspecified atom stereocenters. The Balaban J connectivity index is 1.59. The second-order valence-electron chi connectivity index (χ2n) is 9.91. The summed E-state index contributed by atoms with van der Waals surface area (Å²) in [6.45, 7) is 2.62. The number of anilines is 1. The van der Waals surface area contributed by atoms with Crippen molar-refractivity contribution in [3.05, 3.63) is 52.9 Å². The predicted molar refractivity (Wildman–Crippen MR) is 148 cm³/mol. The van der Waals surface area contributed by atoms with Crippen molar-refractivity contribution in [2.45, 2.75) is 31.7 Å². The number of pyridine rings is 1. The summed E-state index contributed by atoms with van der Waals surface area (Å²) in [5.41, 5.74) is -0.921. The van der Waals surface area contributed by atoms with E-state index in [9.17, 15) is 14.0 Å². The van der Waals surface area contributed by atoms with Gasteiger partial charge in [0.25, 0.3) is 5.91 Å². The monoisotopic (exact) mass is 582 g/mol. The largest absolute Gasteiger partial charge is 0.468 e. The molecule has 0 aliphatic carbocycles. The van der Waals surface area contributed by atoms with Crippen molar-refractivity contribution in [2.75, 3.05) is 31.9 Å². The molecule has 6 rings (SSSR count). The van der Waals surface area contributed by atoms with E-state index in [1.807, 2.05) is 0 Å². The smallest absolute Gasteiger partial charge is 0.330 e. The average molecular weight is 583 g/mol. The molecular formula is C28H25ClF2N6O4. The van der Waals surface area contributed by atoms with Gasteiger partial charge in [-0.25, -0.2) is 18.6 Å². The molecular weight excluding hydrogens is 558 g/mol. The molecule has 0 radical (unpaired) electrons. The molecule has 0 bridgehead atoms. The Morgan fingerprint density at radius 2 is 2.02 bits per heavy atom. The number of benzene rings is 2. The maximum absolute atomic E-state index is 16.5. The number of amides is 3. The minimum atomic E-state index is -1.26. The molecule has 4 heterocycles. The Morgan fingerprint density at radius 1 is 1.20 bits per heavy atom. The van der Waals surface area contributed by atoms with Crippen molar-refractivity contribution >= 4 is 51.0 Å². The number of nitrogens with zero attached hydrogens (tertiary/aromatic N) is 4. The van der Waals surface area contributed by atoms with Crippen molar-refractivity contribution in [3.8, 4) is 17.0 Å². The number of aromatic nitrogens is 3. The fourth-order valence-electron chi connectivity index (χ4n) is 5.74. The van der Waals surface area contributed by atoms with Crippen LogP contribution in [0.1, 0.15) is 25.3 Å². The van der Waals surface area contributed by atoms with E-state index in [0.29, 0.717) is 47.9 Å². The number of fused-ring (bicyclic) bond motifs is 2. The lowest BCUT2D eigenvalue weighted by atomic mass is 9.88. The molecule has 13 heteroatoms. The molecule has 4 aromatic rings. The Morgan fingerprint density at radius 3 is 2.76 bits per heavy atom. The molecule has 2 aromatic heterocycles. The number of hydrogen-bond donors (Lipinski definition) is 2. The molecule has 2 fully saturated rings. The predicted octanol–water partition coefficient (Wildman–Crippen LogP) is 4.50. The topological polar surface area (TPSA) is 119 Å². The second kappa shape index (κ2) is 10.4. The number of methoxy groups -OCH3 is 1. The van der Waals surface area contributed by atoms with Crippen LogP contribution < -0.4 is 20.3 Å². The number of urea groups is 1. The van der Waals surface area contributed by atoms with E-state index in [2.05, 4.69) is 25.6 Å². The maximum atomic E-state index is 16.5. The number of carbonyl (C=O) groups is 2. The number of aryl methyl sites for hydroxylation is 1. The molecule has 10 nitrogen and oxygen atoms in total. The molecule has 1 spiro atoms. The summed E-state index contributed by atoms with van der Waals surface area (Å²) in [4.78, 5) is 40.0. The van der Waals surface area contributed by atoms with Crippen LogP contribution in [0.4, 0.5) is 19.4 Å². The lowest BCUT2D eigenvalue weighted by Gasteiger charge is -2.38. The van der Waals surface area contributed by atoms with Crippen molar-refractivity contribution in [1.82, 2.24) is 25.6 Å². The highest BCUT2D eigenvalue weighted by molar-refractivity contribution is 6.29. The average Bonchev–Trinajstić information content (AvgIpc) is 3.19. The van der Waals surface area contributed by atoms with E-state index in [1.165, 1.54) is 24.3 Å². The minimum Gasteiger partial charge on any atom is -0.468 e. The molecule has 1 atom stereocenters. The lowest BCUT2D eigenvalue weighted by molar-refractivity contribution is -0.123. The van der Waals surface area contributed by atoms with E-state index in [4.69, 9.17) is 21.1 Å². The zero-order valence-electron chi connectivity index (χ0n) is 22.2. The van der Waals surface area contributed by atoms with Gasteiger partial charge in [0.2, 0.25) is 5.28 Å². The van der Waals surface area contributed by atoms with Gasteiger partial charge in [-0.15, -0.1) is 0 Å². The Kier molecular flexibility index (Phi) is 6.92. The normalized spacial score (nSPS) is 19.0. The maximum Gasteiger partial charge on any atom is 0.330 e. The van der Waals surface area contributed by atoms with Crippen LogP contribution in [0.15, 0.2) is 30.5 Å². The van der Waals surface area contributed by atoms with Gasteiger partial charge in [0, 0.05) is 25.4 Å². The third-order valence-electron chi connectivity index (χ3n) is 7.58. The van der Waals surface area contributed by atoms with Crippen molar-refractivity contribution < 1.29 is 27.8 Å². The molecule has 41 heavy (non-hydrogen) atoms. The molecule has 2 aliphatic rings. The fraction of sp³-hybridized carbons (Fsp3) is 0.321. The highest BCUT2D eigenvalue weighted by atomic mass is 35.5. The molecule has 2 aliphatic heterocycles. The van der Waals surface area contributed by atoms with E-state index >= 15 is 4.39 Å². The molecule has 2 saturated heterocycles. The van der Waals surface area contributed by atoms with Crippen LogP contribution >= 0.6 is 11.6 Å². The zero-order valence-corrected chi connectivity index (χ0v) is 22.9. The second-order valence-corrected chi connectivity index (χ2v) is 10.2. The first-order chi connectivity index (χ1) is 19.8. The Bertz CT molecular complexity index is 1730. The molecule has 212 valence electrons. The van der Waals surface area contributed by atoms with Crippen LogP contribution in [0.2, 0.25) is 5.28 Å². The van der Waals surface area contributed by atoms with Crippen LogP contribution in [0.5, 0.6) is 5.75 Å². The van der Waals surface area contributed by atoms with Crippen LogP contribution in [-0.2, 0) is 16.0 Å². The first-order valence-corrected chi connectivity index (χ1v) is 13.4. The molecule has 2 N–H and O–H groups in total. The lowest BCUT2D eigenvalue weighted by Crippen LogP contribution is -2.59. The number of nitrogens with one attached hydrogen (secondary N) is 2. The van der Waals surface area contributed by atoms with E-state index in [1.54, 1.807) is 25.1 Å². The van der Waals surface area contributed by atoms with Gasteiger partial charge in [0.1, 0.15) is 28.3 Å². The van der Waals surface area contributed by atoms with Crippen molar-refractivity contribution in [3.63, 3.8) is 0 Å². The number of halogens is 3. The summed E-state index contributed by atoms with van der Waals surface area (Å²) >= 11 is 6.28. The van der Waals surface area contributed by atoms with Gasteiger partial charge < -0.3 is 14.8 Å². The quantitative estimate of drug-likeness (QED) is 0.194. The summed E-state index contributed by atoms with van der Waals surface area (Å²) in [6, 6.07) is 5.52. The SMILES string of the molecule is CCc1c(F)ccc2cc(OCOC)cc(-c3ncc4c(N5C(=O)NC(=O)C56CCCNC6)nc(Cl)nc4c3F)c12. The summed E-state index contributed by atoms with van der Waals surface area (Å²) in [6.07, 6.45) is 2.69. The van der Waals surface area contributed by atoms with Crippen LogP contribution in [0.3, 0.4) is 0 Å². The molecule has 3 amide bonds. The molecule has 2 aromatic carbocycles. The Labute approximate surface area is 238 Å². The van der Waals surface area contributed by atoms with Gasteiger partial charge >= 0.3 is 6.03 Å². The zero-order chi connectivity index (χ0) is 28.9. The number of ether oxygens (including phenoxy) is 2. The third-order valence-corrected chi connectivity index (χ3v) is 7.75. The number of carbonyl (C=O) groups excluding carboxylic acids is 2. The van der Waals surface area contributed by atoms with Gasteiger partial charge in [0.05, 0.1) is 5.39 Å². The summed E-state index contributed by atoms with van der Waals surface area (Å²) in [5, 5.41) is 6.36. The van der Waals surface area contributed by atoms with Crippen molar-refractivity contribution in [2.24, 2.45) is 0 Å². The highest BCUT2D eigenvalue weighted by Crippen LogP contribution is 2.41. The first-order valence-electron chi connectivity index (χ1n) is 13.0. The number of rotatable bonds is 6. The van der Waals surface area contributed by atoms with Crippen molar-refractivity contribution in [1.29, 1.82) is 0 Å². The fourth-order valence-corrected chi connectivity index (χ4v) is 5.91. The summed E-state index contributed by atoms with van der Waals surface area (Å²) in [5.74, 6) is -1.43. The highest BCUT2D eigenvalue weighted by Gasteiger charge is 2.55. The summed E-state index contributed by atoms with van der Waals surface area (Å²) < 4.78 is 42.1. The van der Waals surface area contributed by atoms with Gasteiger partial charge in [-0.2, -0.15) is 4.98 Å². The van der Waals surface area contributed by atoms with E-state index < -0.39 is 29.1 Å². The van der Waals surface area contributed by atoms with Gasteiger partial charge in [0.15, 0.2) is 18.4 Å². The standard InChI is InChI=1S/C28H25ClF2N6O4/c1-3-16-19(30)6-5-14-9-15(41-13-40-2)10-17(20(14)16)22-21(31)23-18(11-33-22)24(35-26(29)34-23)37-27(39)36-25(38)28(37)7-4-8-32-12-28/h5-6,9-11,32H,3-4,7-8,12-13H2,1-2H3,(H,36,38,39). The molecule has 0 saturated carbocycles. The number of imide groups is 1. The van der Waals surface area contributed by atoms with E-state index in [0.717, 1.165) is 0 Å². The third kappa shape index (κ3) is 4.33. The van der Waals surface area contributed by atoms with Gasteiger partial charge in [-0.3, -0.25) is 20.0 Å². The van der Waals surface area contributed by atoms with Crippen LogP contribution in [0.25, 0.3) is 32.9 Å². The summed E-state index contributed by atoms with van der Waals surface area (Å²) in [7, 11) is 1.47. The Hall–Kier alpha value is -4.00. The van der Waals surface area contributed by atoms with Gasteiger partial charge in [-0.05, 0) is 71.9 Å². The minimum absolute atomic E-state index is 0.0349. The number of piperidine rings is 1. The van der Waals surface area contributed by atoms with Crippen LogP contribution in [-0.4, -0.2) is 59.4 Å². The first kappa shape index (κ1) is 27.2. The van der Waals surface area contributed by atoms with E-state index in [-0.39, 0.29) is 46.6 Å².